The molecule has 0 aromatic heterocycles. The summed E-state index contributed by atoms with van der Waals surface area (Å²) in [6, 6.07) is 5.99. The van der Waals surface area contributed by atoms with Gasteiger partial charge in [0.25, 0.3) is 10.1 Å². The van der Waals surface area contributed by atoms with Crippen LogP contribution in [0.3, 0.4) is 0 Å². The van der Waals surface area contributed by atoms with Crippen LogP contribution in [0.25, 0.3) is 0 Å². The van der Waals surface area contributed by atoms with Crippen molar-refractivity contribution in [1.29, 1.82) is 0 Å². The fourth-order valence-electron chi connectivity index (χ4n) is 4.98. The molecule has 1 unspecified atom stereocenters. The number of hydrogen-bond donors (Lipinski definition) is 5. The maximum absolute atomic E-state index is 12.8. The van der Waals surface area contributed by atoms with Crippen molar-refractivity contribution in [2.75, 3.05) is 6.54 Å². The maximum Gasteiger partial charge on any atom is 0.294 e. The topological polar surface area (TPSA) is 145 Å². The highest BCUT2D eigenvalue weighted by Gasteiger charge is 2.34. The second-order valence-electron chi connectivity index (χ2n) is 11.7. The van der Waals surface area contributed by atoms with Crippen LogP contribution in [0.2, 0.25) is 0 Å². The SMILES string of the molecule is CC(C)CNNC(=O)[C@H](CC(C)C)C(CCCCC1CCCCC1)C(=O)NO.Cc1ccc(S(=O)(=O)O)cc1. The lowest BCUT2D eigenvalue weighted by Gasteiger charge is -2.27. The van der Waals surface area contributed by atoms with Crippen LogP contribution in [-0.2, 0) is 19.7 Å². The number of carbonyl (C=O) groups is 2. The van der Waals surface area contributed by atoms with Crippen molar-refractivity contribution in [3.8, 4) is 0 Å². The number of unbranched alkanes of at least 4 members (excludes halogenated alkanes) is 1. The van der Waals surface area contributed by atoms with Gasteiger partial charge in [0, 0.05) is 6.54 Å². The number of hydroxylamine groups is 1. The Balaban J connectivity index is 0.000000573. The third kappa shape index (κ3) is 14.8. The highest BCUT2D eigenvalue weighted by Crippen LogP contribution is 2.30. The van der Waals surface area contributed by atoms with Gasteiger partial charge in [0.2, 0.25) is 11.8 Å². The molecule has 1 aromatic carbocycles. The summed E-state index contributed by atoms with van der Waals surface area (Å²) >= 11 is 0. The van der Waals surface area contributed by atoms with Crippen LogP contribution in [0, 0.1) is 36.5 Å². The first-order valence-corrected chi connectivity index (χ1v) is 15.8. The van der Waals surface area contributed by atoms with Gasteiger partial charge >= 0.3 is 0 Å². The number of amides is 2. The lowest BCUT2D eigenvalue weighted by atomic mass is 9.80. The van der Waals surface area contributed by atoms with Crippen LogP contribution in [-0.4, -0.2) is 36.5 Å². The molecule has 0 saturated heterocycles. The molecule has 2 rings (SSSR count). The summed E-state index contributed by atoms with van der Waals surface area (Å²) < 4.78 is 29.6. The number of carbonyl (C=O) groups excluding carboxylic acids is 2. The lowest BCUT2D eigenvalue weighted by Crippen LogP contribution is -2.47. The van der Waals surface area contributed by atoms with Crippen molar-refractivity contribution >= 4 is 21.9 Å². The van der Waals surface area contributed by atoms with Gasteiger partial charge < -0.3 is 0 Å². The molecule has 0 bridgehead atoms. The standard InChI is InChI=1S/C22H43N3O3.C7H8O3S/c1-16(2)14-20(21(26)24-23-15-17(3)4)19(22(27)25-28)13-9-8-12-18-10-6-5-7-11-18;1-6-2-4-7(5-3-6)11(8,9)10/h16-20,23,28H,5-15H2,1-4H3,(H,24,26)(H,25,27);2-5H,1H3,(H,8,9,10)/t19?,20-;/m1./s1. The van der Waals surface area contributed by atoms with E-state index in [9.17, 15) is 23.2 Å². The Bertz CT molecular complexity index is 944. The lowest BCUT2D eigenvalue weighted by molar-refractivity contribution is -0.141. The molecule has 1 aliphatic carbocycles. The average Bonchev–Trinajstić information content (AvgIpc) is 2.87. The molecule has 1 fully saturated rings. The average molecular weight is 570 g/mol. The smallest absolute Gasteiger partial charge is 0.291 e. The summed E-state index contributed by atoms with van der Waals surface area (Å²) in [5.74, 6) is -0.00947. The van der Waals surface area contributed by atoms with E-state index in [2.05, 4.69) is 38.5 Å². The summed E-state index contributed by atoms with van der Waals surface area (Å²) in [6.45, 7) is 10.8. The predicted molar refractivity (Wildman–Crippen MR) is 153 cm³/mol. The van der Waals surface area contributed by atoms with Crippen molar-refractivity contribution in [2.45, 2.75) is 104 Å². The number of rotatable bonds is 14. The van der Waals surface area contributed by atoms with Crippen LogP contribution in [0.15, 0.2) is 29.2 Å². The van der Waals surface area contributed by atoms with Gasteiger partial charge in [-0.05, 0) is 49.7 Å². The molecule has 1 aliphatic rings. The van der Waals surface area contributed by atoms with Crippen LogP contribution < -0.4 is 16.3 Å². The number of benzene rings is 1. The van der Waals surface area contributed by atoms with Gasteiger partial charge in [-0.25, -0.2) is 10.9 Å². The van der Waals surface area contributed by atoms with Gasteiger partial charge in [-0.15, -0.1) is 0 Å². The zero-order valence-electron chi connectivity index (χ0n) is 24.4. The monoisotopic (exact) mass is 569 g/mol. The molecule has 224 valence electrons. The Kier molecular flexibility index (Phi) is 16.5. The summed E-state index contributed by atoms with van der Waals surface area (Å²) in [4.78, 5) is 25.1. The van der Waals surface area contributed by atoms with Crippen molar-refractivity contribution in [3.05, 3.63) is 29.8 Å². The normalized spacial score (nSPS) is 15.8. The zero-order valence-corrected chi connectivity index (χ0v) is 25.2. The number of aryl methyl sites for hydroxylation is 1. The van der Waals surface area contributed by atoms with E-state index in [-0.39, 0.29) is 16.7 Å². The molecular formula is C29H51N3O6S. The molecule has 0 radical (unpaired) electrons. The highest BCUT2D eigenvalue weighted by atomic mass is 32.2. The van der Waals surface area contributed by atoms with E-state index < -0.39 is 27.9 Å². The van der Waals surface area contributed by atoms with Crippen LogP contribution in [0.5, 0.6) is 0 Å². The van der Waals surface area contributed by atoms with Crippen molar-refractivity contribution in [1.82, 2.24) is 16.3 Å². The molecule has 1 aromatic rings. The van der Waals surface area contributed by atoms with Gasteiger partial charge in [0.05, 0.1) is 16.7 Å². The van der Waals surface area contributed by atoms with E-state index in [0.29, 0.717) is 25.3 Å². The van der Waals surface area contributed by atoms with Crippen LogP contribution in [0.1, 0.15) is 97.5 Å². The van der Waals surface area contributed by atoms with E-state index in [1.807, 2.05) is 6.92 Å². The Labute approximate surface area is 235 Å². The highest BCUT2D eigenvalue weighted by molar-refractivity contribution is 7.85. The molecule has 1 saturated carbocycles. The van der Waals surface area contributed by atoms with Gasteiger partial charge in [-0.1, -0.05) is 96.8 Å². The molecule has 9 nitrogen and oxygen atoms in total. The first-order chi connectivity index (χ1) is 18.3. The molecule has 0 heterocycles. The molecule has 2 amide bonds. The molecule has 10 heteroatoms. The van der Waals surface area contributed by atoms with E-state index in [1.165, 1.54) is 50.7 Å². The minimum absolute atomic E-state index is 0.0666. The second kappa shape index (κ2) is 18.4. The Hall–Kier alpha value is -2.01. The quantitative estimate of drug-likeness (QED) is 0.0869. The predicted octanol–water partition coefficient (Wildman–Crippen LogP) is 5.43. The third-order valence-electron chi connectivity index (χ3n) is 7.14. The van der Waals surface area contributed by atoms with Crippen molar-refractivity contribution < 1.29 is 27.8 Å². The van der Waals surface area contributed by atoms with E-state index in [1.54, 1.807) is 17.6 Å². The van der Waals surface area contributed by atoms with Crippen molar-refractivity contribution in [3.63, 3.8) is 0 Å². The number of hydrogen-bond acceptors (Lipinski definition) is 6. The summed E-state index contributed by atoms with van der Waals surface area (Å²) in [6.07, 6.45) is 11.2. The van der Waals surface area contributed by atoms with Crippen LogP contribution in [0.4, 0.5) is 0 Å². The summed E-state index contributed by atoms with van der Waals surface area (Å²) in [5, 5.41) is 9.23. The van der Waals surface area contributed by atoms with E-state index in [0.717, 1.165) is 24.3 Å². The Morgan fingerprint density at radius 3 is 2.05 bits per heavy atom. The largest absolute Gasteiger partial charge is 0.294 e. The summed E-state index contributed by atoms with van der Waals surface area (Å²) in [7, 11) is -4.02. The molecular weight excluding hydrogens is 518 g/mol. The molecule has 39 heavy (non-hydrogen) atoms. The fraction of sp³-hybridized carbons (Fsp3) is 0.724. The van der Waals surface area contributed by atoms with Gasteiger partial charge in [0.1, 0.15) is 0 Å². The molecule has 5 N–H and O–H groups in total. The Morgan fingerprint density at radius 1 is 0.923 bits per heavy atom. The number of hydrazine groups is 1. The van der Waals surface area contributed by atoms with Crippen molar-refractivity contribution in [2.24, 2.45) is 29.6 Å². The Morgan fingerprint density at radius 2 is 1.54 bits per heavy atom. The minimum Gasteiger partial charge on any atom is -0.291 e. The first kappa shape index (κ1) is 35.0. The molecule has 0 aliphatic heterocycles. The van der Waals surface area contributed by atoms with Gasteiger partial charge in [0.15, 0.2) is 0 Å². The third-order valence-corrected chi connectivity index (χ3v) is 8.01. The molecule has 2 atom stereocenters. The second-order valence-corrected chi connectivity index (χ2v) is 13.1. The van der Waals surface area contributed by atoms with Gasteiger partial charge in [-0.2, -0.15) is 8.42 Å². The maximum atomic E-state index is 12.8. The zero-order chi connectivity index (χ0) is 29.4. The molecule has 0 spiro atoms. The minimum atomic E-state index is -4.02. The first-order valence-electron chi connectivity index (χ1n) is 14.4. The van der Waals surface area contributed by atoms with Gasteiger partial charge in [-0.3, -0.25) is 24.8 Å². The van der Waals surface area contributed by atoms with E-state index >= 15 is 0 Å². The summed E-state index contributed by atoms with van der Waals surface area (Å²) in [5.41, 5.74) is 8.49. The number of nitrogens with one attached hydrogen (secondary N) is 3. The fourth-order valence-corrected chi connectivity index (χ4v) is 5.46. The van der Waals surface area contributed by atoms with E-state index in [4.69, 9.17) is 4.55 Å². The van der Waals surface area contributed by atoms with Crippen LogP contribution >= 0.6 is 0 Å².